The first-order valence-electron chi connectivity index (χ1n) is 6.59. The van der Waals surface area contributed by atoms with E-state index in [0.717, 1.165) is 24.3 Å². The van der Waals surface area contributed by atoms with Gasteiger partial charge in [0.2, 0.25) is 5.95 Å². The molecule has 102 valence electrons. The Hall–Kier alpha value is -0.970. The first-order chi connectivity index (χ1) is 8.67. The normalized spacial score (nSPS) is 12.2. The third-order valence-corrected chi connectivity index (χ3v) is 3.52. The summed E-state index contributed by atoms with van der Waals surface area (Å²) >= 11 is 1.98. The van der Waals surface area contributed by atoms with E-state index < -0.39 is 0 Å². The number of aryl methyl sites for hydroxylation is 1. The molecule has 18 heavy (non-hydrogen) atoms. The van der Waals surface area contributed by atoms with Crippen molar-refractivity contribution < 1.29 is 0 Å². The molecule has 0 aliphatic rings. The molecular weight excluding hydrogens is 244 g/mol. The van der Waals surface area contributed by atoms with Crippen molar-refractivity contribution in [1.29, 1.82) is 0 Å². The summed E-state index contributed by atoms with van der Waals surface area (Å²) in [5, 5.41) is 6.60. The van der Waals surface area contributed by atoms with Crippen LogP contribution in [0.4, 0.5) is 11.8 Å². The van der Waals surface area contributed by atoms with Crippen molar-refractivity contribution in [2.45, 2.75) is 40.2 Å². The molecule has 0 saturated heterocycles. The molecule has 0 radical (unpaired) electrons. The molecular formula is C13H24N4S. The molecule has 0 fully saturated rings. The van der Waals surface area contributed by atoms with E-state index in [-0.39, 0.29) is 0 Å². The van der Waals surface area contributed by atoms with Gasteiger partial charge in [-0.1, -0.05) is 6.92 Å². The molecule has 1 aromatic heterocycles. The van der Waals surface area contributed by atoms with Crippen molar-refractivity contribution in [2.75, 3.05) is 28.7 Å². The van der Waals surface area contributed by atoms with Gasteiger partial charge in [-0.3, -0.25) is 0 Å². The van der Waals surface area contributed by atoms with Crippen LogP contribution in [0.15, 0.2) is 6.20 Å². The largest absolute Gasteiger partial charge is 0.367 e. The van der Waals surface area contributed by atoms with Crippen molar-refractivity contribution in [1.82, 2.24) is 9.97 Å². The lowest BCUT2D eigenvalue weighted by Crippen LogP contribution is -2.18. The molecule has 0 spiro atoms. The Balaban J connectivity index is 2.56. The minimum atomic E-state index is 0.437. The van der Waals surface area contributed by atoms with Crippen LogP contribution in [0.2, 0.25) is 0 Å². The molecule has 0 saturated carbocycles. The first kappa shape index (κ1) is 15.1. The maximum atomic E-state index is 4.49. The second-order valence-electron chi connectivity index (χ2n) is 4.29. The number of anilines is 2. The summed E-state index contributed by atoms with van der Waals surface area (Å²) < 4.78 is 0. The maximum Gasteiger partial charge on any atom is 0.224 e. The standard InChI is InChI=1S/C13H24N4S/c1-5-14-13-15-9-10(3)12(17-13)16-11(4)7-8-18-6-2/h9,11H,5-8H2,1-4H3,(H2,14,15,16,17). The van der Waals surface area contributed by atoms with Gasteiger partial charge in [-0.25, -0.2) is 4.98 Å². The average molecular weight is 268 g/mol. The highest BCUT2D eigenvalue weighted by molar-refractivity contribution is 7.99. The highest BCUT2D eigenvalue weighted by Gasteiger charge is 2.07. The molecule has 1 unspecified atom stereocenters. The predicted octanol–water partition coefficient (Wildman–Crippen LogP) is 3.16. The molecule has 2 N–H and O–H groups in total. The summed E-state index contributed by atoms with van der Waals surface area (Å²) in [7, 11) is 0. The summed E-state index contributed by atoms with van der Waals surface area (Å²) in [5.41, 5.74) is 1.09. The summed E-state index contributed by atoms with van der Waals surface area (Å²) in [5.74, 6) is 4.01. The highest BCUT2D eigenvalue weighted by Crippen LogP contribution is 2.15. The van der Waals surface area contributed by atoms with Crippen LogP contribution < -0.4 is 10.6 Å². The summed E-state index contributed by atoms with van der Waals surface area (Å²) in [6, 6.07) is 0.437. The van der Waals surface area contributed by atoms with Gasteiger partial charge in [-0.05, 0) is 38.7 Å². The van der Waals surface area contributed by atoms with Crippen molar-refractivity contribution in [3.8, 4) is 0 Å². The topological polar surface area (TPSA) is 49.8 Å². The smallest absolute Gasteiger partial charge is 0.224 e. The van der Waals surface area contributed by atoms with E-state index in [1.54, 1.807) is 0 Å². The molecule has 0 aliphatic carbocycles. The van der Waals surface area contributed by atoms with Gasteiger partial charge >= 0.3 is 0 Å². The third-order valence-electron chi connectivity index (χ3n) is 2.59. The van der Waals surface area contributed by atoms with Gasteiger partial charge < -0.3 is 10.6 Å². The number of rotatable bonds is 8. The van der Waals surface area contributed by atoms with Gasteiger partial charge in [0.25, 0.3) is 0 Å². The van der Waals surface area contributed by atoms with Crippen molar-refractivity contribution in [2.24, 2.45) is 0 Å². The number of nitrogens with zero attached hydrogens (tertiary/aromatic N) is 2. The van der Waals surface area contributed by atoms with E-state index >= 15 is 0 Å². The monoisotopic (exact) mass is 268 g/mol. The zero-order valence-electron chi connectivity index (χ0n) is 11.8. The van der Waals surface area contributed by atoms with Gasteiger partial charge in [0, 0.05) is 24.3 Å². The van der Waals surface area contributed by atoms with Crippen LogP contribution in [0.1, 0.15) is 32.8 Å². The summed E-state index contributed by atoms with van der Waals surface area (Å²) in [6.07, 6.45) is 3.01. The molecule has 1 atom stereocenters. The van der Waals surface area contributed by atoms with Gasteiger partial charge in [0.05, 0.1) is 0 Å². The molecule has 1 heterocycles. The van der Waals surface area contributed by atoms with Gasteiger partial charge in [-0.2, -0.15) is 16.7 Å². The van der Waals surface area contributed by atoms with Crippen LogP contribution >= 0.6 is 11.8 Å². The Bertz CT molecular complexity index is 357. The quantitative estimate of drug-likeness (QED) is 0.709. The first-order valence-corrected chi connectivity index (χ1v) is 7.74. The fourth-order valence-corrected chi connectivity index (χ4v) is 2.35. The second-order valence-corrected chi connectivity index (χ2v) is 5.68. The third kappa shape index (κ3) is 5.12. The Morgan fingerprint density at radius 3 is 2.83 bits per heavy atom. The van der Waals surface area contributed by atoms with E-state index in [9.17, 15) is 0 Å². The minimum Gasteiger partial charge on any atom is -0.367 e. The van der Waals surface area contributed by atoms with Gasteiger partial charge in [0.1, 0.15) is 5.82 Å². The highest BCUT2D eigenvalue weighted by atomic mass is 32.2. The Morgan fingerprint density at radius 2 is 2.17 bits per heavy atom. The summed E-state index contributed by atoms with van der Waals surface area (Å²) in [6.45, 7) is 9.31. The molecule has 0 aliphatic heterocycles. The van der Waals surface area contributed by atoms with E-state index in [4.69, 9.17) is 0 Å². The molecule has 0 aromatic carbocycles. The van der Waals surface area contributed by atoms with Crippen LogP contribution in [0.5, 0.6) is 0 Å². The van der Waals surface area contributed by atoms with E-state index in [2.05, 4.69) is 34.4 Å². The molecule has 0 bridgehead atoms. The van der Waals surface area contributed by atoms with Gasteiger partial charge in [-0.15, -0.1) is 0 Å². The molecule has 1 aromatic rings. The number of aromatic nitrogens is 2. The maximum absolute atomic E-state index is 4.49. The zero-order chi connectivity index (χ0) is 13.4. The van der Waals surface area contributed by atoms with Crippen LogP contribution in [-0.4, -0.2) is 34.1 Å². The predicted molar refractivity (Wildman–Crippen MR) is 81.6 cm³/mol. The van der Waals surface area contributed by atoms with E-state index in [0.29, 0.717) is 12.0 Å². The zero-order valence-corrected chi connectivity index (χ0v) is 12.6. The lowest BCUT2D eigenvalue weighted by molar-refractivity contribution is 0.764. The average Bonchev–Trinajstić information content (AvgIpc) is 2.34. The SMILES string of the molecule is CCNc1ncc(C)c(NC(C)CCSCC)n1. The number of hydrogen-bond acceptors (Lipinski definition) is 5. The number of hydrogen-bond donors (Lipinski definition) is 2. The van der Waals surface area contributed by atoms with Crippen molar-refractivity contribution in [3.05, 3.63) is 11.8 Å². The van der Waals surface area contributed by atoms with E-state index in [1.165, 1.54) is 11.5 Å². The summed E-state index contributed by atoms with van der Waals surface area (Å²) in [4.78, 5) is 8.74. The lowest BCUT2D eigenvalue weighted by Gasteiger charge is -2.16. The molecule has 4 nitrogen and oxygen atoms in total. The van der Waals surface area contributed by atoms with E-state index in [1.807, 2.05) is 31.8 Å². The fraction of sp³-hybridized carbons (Fsp3) is 0.692. The fourth-order valence-electron chi connectivity index (χ4n) is 1.54. The Kier molecular flexibility index (Phi) is 6.86. The van der Waals surface area contributed by atoms with Crippen LogP contribution in [0, 0.1) is 6.92 Å². The Labute approximate surface area is 114 Å². The van der Waals surface area contributed by atoms with Gasteiger partial charge in [0.15, 0.2) is 0 Å². The van der Waals surface area contributed by atoms with Crippen molar-refractivity contribution in [3.63, 3.8) is 0 Å². The van der Waals surface area contributed by atoms with Crippen LogP contribution in [0.25, 0.3) is 0 Å². The number of thioether (sulfide) groups is 1. The van der Waals surface area contributed by atoms with Crippen LogP contribution in [-0.2, 0) is 0 Å². The Morgan fingerprint density at radius 1 is 1.39 bits per heavy atom. The molecule has 0 amide bonds. The van der Waals surface area contributed by atoms with Crippen molar-refractivity contribution >= 4 is 23.5 Å². The second kappa shape index (κ2) is 8.19. The lowest BCUT2D eigenvalue weighted by atomic mass is 10.2. The molecule has 1 rings (SSSR count). The molecule has 5 heteroatoms. The number of nitrogens with one attached hydrogen (secondary N) is 2. The van der Waals surface area contributed by atoms with Crippen LogP contribution in [0.3, 0.4) is 0 Å². The minimum absolute atomic E-state index is 0.437.